The molecule has 0 atom stereocenters. The van der Waals surface area contributed by atoms with Crippen molar-refractivity contribution >= 4 is 28.9 Å². The van der Waals surface area contributed by atoms with E-state index >= 15 is 0 Å². The Labute approximate surface area is 165 Å². The molecule has 5 nitrogen and oxygen atoms in total. The van der Waals surface area contributed by atoms with Crippen LogP contribution >= 0.6 is 0 Å². The Bertz CT molecular complexity index is 942. The molecular weight excluding hydrogens is 350 g/mol. The molecule has 0 saturated carbocycles. The number of nitrogens with zero attached hydrogens (tertiary/aromatic N) is 2. The molecule has 0 radical (unpaired) electrons. The van der Waals surface area contributed by atoms with Gasteiger partial charge in [0.15, 0.2) is 0 Å². The first-order valence-corrected chi connectivity index (χ1v) is 9.04. The Hall–Kier alpha value is -3.60. The lowest BCUT2D eigenvalue weighted by Crippen LogP contribution is -2.30. The van der Waals surface area contributed by atoms with Gasteiger partial charge in [-0.1, -0.05) is 42.5 Å². The standard InChI is InChI=1S/C23H23N3O2/c1-25(20-12-5-3-6-13-20)17-22(27)24-19-11-9-10-18(16-19)23(28)26(2)21-14-7-4-8-15-21/h3-16H,17H2,1-2H3,(H,24,27). The second-order valence-corrected chi connectivity index (χ2v) is 6.52. The van der Waals surface area contributed by atoms with Gasteiger partial charge in [-0.2, -0.15) is 0 Å². The number of carbonyl (C=O) groups excluding carboxylic acids is 2. The van der Waals surface area contributed by atoms with E-state index in [1.807, 2.05) is 72.6 Å². The predicted molar refractivity (Wildman–Crippen MR) is 114 cm³/mol. The molecule has 3 aromatic carbocycles. The molecule has 0 unspecified atom stereocenters. The summed E-state index contributed by atoms with van der Waals surface area (Å²) in [6.07, 6.45) is 0. The van der Waals surface area contributed by atoms with Gasteiger partial charge in [0, 0.05) is 36.7 Å². The van der Waals surface area contributed by atoms with Gasteiger partial charge in [0.1, 0.15) is 0 Å². The van der Waals surface area contributed by atoms with Crippen LogP contribution in [-0.2, 0) is 4.79 Å². The maximum Gasteiger partial charge on any atom is 0.258 e. The smallest absolute Gasteiger partial charge is 0.258 e. The topological polar surface area (TPSA) is 52.7 Å². The van der Waals surface area contributed by atoms with Crippen LogP contribution in [0.1, 0.15) is 10.4 Å². The fourth-order valence-corrected chi connectivity index (χ4v) is 2.88. The molecule has 28 heavy (non-hydrogen) atoms. The van der Waals surface area contributed by atoms with Crippen molar-refractivity contribution in [1.29, 1.82) is 0 Å². The van der Waals surface area contributed by atoms with Crippen LogP contribution in [0.15, 0.2) is 84.9 Å². The van der Waals surface area contributed by atoms with E-state index in [-0.39, 0.29) is 18.4 Å². The Balaban J connectivity index is 1.66. The van der Waals surface area contributed by atoms with Crippen molar-refractivity contribution in [2.24, 2.45) is 0 Å². The SMILES string of the molecule is CN(CC(=O)Nc1cccc(C(=O)N(C)c2ccccc2)c1)c1ccccc1. The molecule has 142 valence electrons. The van der Waals surface area contributed by atoms with E-state index in [2.05, 4.69) is 5.32 Å². The number of anilines is 3. The van der Waals surface area contributed by atoms with E-state index in [4.69, 9.17) is 0 Å². The van der Waals surface area contributed by atoms with E-state index in [0.29, 0.717) is 11.3 Å². The number of hydrogen-bond acceptors (Lipinski definition) is 3. The molecule has 0 aliphatic rings. The molecule has 0 heterocycles. The Kier molecular flexibility index (Phi) is 6.07. The number of nitrogens with one attached hydrogen (secondary N) is 1. The lowest BCUT2D eigenvalue weighted by atomic mass is 10.1. The first-order valence-electron chi connectivity index (χ1n) is 9.04. The van der Waals surface area contributed by atoms with Gasteiger partial charge in [-0.25, -0.2) is 0 Å². The Morgan fingerprint density at radius 3 is 2.04 bits per heavy atom. The van der Waals surface area contributed by atoms with Gasteiger partial charge in [-0.3, -0.25) is 9.59 Å². The predicted octanol–water partition coefficient (Wildman–Crippen LogP) is 4.04. The number of benzene rings is 3. The second-order valence-electron chi connectivity index (χ2n) is 6.52. The molecule has 3 rings (SSSR count). The highest BCUT2D eigenvalue weighted by molar-refractivity contribution is 6.06. The molecular formula is C23H23N3O2. The van der Waals surface area contributed by atoms with Gasteiger partial charge in [0.25, 0.3) is 5.91 Å². The van der Waals surface area contributed by atoms with Crippen LogP contribution in [0.5, 0.6) is 0 Å². The average Bonchev–Trinajstić information content (AvgIpc) is 2.74. The van der Waals surface area contributed by atoms with Gasteiger partial charge < -0.3 is 15.1 Å². The summed E-state index contributed by atoms with van der Waals surface area (Å²) in [5, 5.41) is 2.87. The quantitative estimate of drug-likeness (QED) is 0.710. The minimum Gasteiger partial charge on any atom is -0.365 e. The van der Waals surface area contributed by atoms with Gasteiger partial charge in [0.05, 0.1) is 6.54 Å². The second kappa shape index (κ2) is 8.86. The molecule has 2 amide bonds. The van der Waals surface area contributed by atoms with Gasteiger partial charge in [-0.15, -0.1) is 0 Å². The van der Waals surface area contributed by atoms with Gasteiger partial charge in [-0.05, 0) is 42.5 Å². The first kappa shape index (κ1) is 19.2. The zero-order chi connectivity index (χ0) is 19.9. The van der Waals surface area contributed by atoms with Crippen LogP contribution in [0.2, 0.25) is 0 Å². The molecule has 0 bridgehead atoms. The third kappa shape index (κ3) is 4.76. The fraction of sp³-hybridized carbons (Fsp3) is 0.130. The van der Waals surface area contributed by atoms with Crippen molar-refractivity contribution < 1.29 is 9.59 Å². The van der Waals surface area contributed by atoms with Crippen LogP contribution in [-0.4, -0.2) is 32.5 Å². The molecule has 0 aromatic heterocycles. The van der Waals surface area contributed by atoms with E-state index in [0.717, 1.165) is 11.4 Å². The highest BCUT2D eigenvalue weighted by Crippen LogP contribution is 2.18. The minimum atomic E-state index is -0.146. The van der Waals surface area contributed by atoms with Crippen molar-refractivity contribution in [3.8, 4) is 0 Å². The molecule has 0 fully saturated rings. The normalized spacial score (nSPS) is 10.2. The molecule has 3 aromatic rings. The number of hydrogen-bond donors (Lipinski definition) is 1. The molecule has 0 saturated heterocycles. The summed E-state index contributed by atoms with van der Waals surface area (Å²) in [5.74, 6) is -0.281. The molecule has 0 aliphatic heterocycles. The van der Waals surface area contributed by atoms with Gasteiger partial charge >= 0.3 is 0 Å². The number of amides is 2. The van der Waals surface area contributed by atoms with Crippen LogP contribution in [0.3, 0.4) is 0 Å². The highest BCUT2D eigenvalue weighted by Gasteiger charge is 2.14. The molecule has 1 N–H and O–H groups in total. The molecule has 5 heteroatoms. The fourth-order valence-electron chi connectivity index (χ4n) is 2.88. The summed E-state index contributed by atoms with van der Waals surface area (Å²) in [4.78, 5) is 28.6. The van der Waals surface area contributed by atoms with Crippen molar-refractivity contribution in [3.05, 3.63) is 90.5 Å². The first-order chi connectivity index (χ1) is 13.5. The Morgan fingerprint density at radius 1 is 0.786 bits per heavy atom. The number of carbonyl (C=O) groups is 2. The third-order valence-electron chi connectivity index (χ3n) is 4.42. The Morgan fingerprint density at radius 2 is 1.39 bits per heavy atom. The van der Waals surface area contributed by atoms with Crippen molar-refractivity contribution in [2.75, 3.05) is 35.8 Å². The van der Waals surface area contributed by atoms with E-state index in [1.165, 1.54) is 0 Å². The summed E-state index contributed by atoms with van der Waals surface area (Å²) in [6, 6.07) is 26.1. The summed E-state index contributed by atoms with van der Waals surface area (Å²) in [6.45, 7) is 0.214. The summed E-state index contributed by atoms with van der Waals surface area (Å²) >= 11 is 0. The van der Waals surface area contributed by atoms with Crippen LogP contribution in [0, 0.1) is 0 Å². The van der Waals surface area contributed by atoms with E-state index in [1.54, 1.807) is 36.2 Å². The van der Waals surface area contributed by atoms with Crippen LogP contribution in [0.4, 0.5) is 17.1 Å². The van der Waals surface area contributed by atoms with Crippen molar-refractivity contribution in [1.82, 2.24) is 0 Å². The number of rotatable bonds is 6. The van der Waals surface area contributed by atoms with E-state index < -0.39 is 0 Å². The third-order valence-corrected chi connectivity index (χ3v) is 4.42. The maximum atomic E-state index is 12.8. The monoisotopic (exact) mass is 373 g/mol. The largest absolute Gasteiger partial charge is 0.365 e. The summed E-state index contributed by atoms with van der Waals surface area (Å²) in [5.41, 5.74) is 2.89. The number of likely N-dealkylation sites (N-methyl/N-ethyl adjacent to an activating group) is 1. The minimum absolute atomic E-state index is 0.135. The maximum absolute atomic E-state index is 12.8. The van der Waals surface area contributed by atoms with Crippen molar-refractivity contribution in [2.45, 2.75) is 0 Å². The highest BCUT2D eigenvalue weighted by atomic mass is 16.2. The lowest BCUT2D eigenvalue weighted by Gasteiger charge is -2.19. The summed E-state index contributed by atoms with van der Waals surface area (Å²) < 4.78 is 0. The zero-order valence-electron chi connectivity index (χ0n) is 16.0. The van der Waals surface area contributed by atoms with Crippen molar-refractivity contribution in [3.63, 3.8) is 0 Å². The number of para-hydroxylation sites is 2. The lowest BCUT2D eigenvalue weighted by molar-refractivity contribution is -0.114. The molecule has 0 aliphatic carbocycles. The summed E-state index contributed by atoms with van der Waals surface area (Å²) in [7, 11) is 3.60. The average molecular weight is 373 g/mol. The van der Waals surface area contributed by atoms with Crippen LogP contribution < -0.4 is 15.1 Å². The van der Waals surface area contributed by atoms with Gasteiger partial charge in [0.2, 0.25) is 5.91 Å². The molecule has 0 spiro atoms. The zero-order valence-corrected chi connectivity index (χ0v) is 16.0. The van der Waals surface area contributed by atoms with E-state index in [9.17, 15) is 9.59 Å². The van der Waals surface area contributed by atoms with Crippen LogP contribution in [0.25, 0.3) is 0 Å².